The number of thiol groups is 1. The minimum Gasteiger partial charge on any atom is -0.476 e. The molecule has 0 bridgehead atoms. The van der Waals surface area contributed by atoms with E-state index in [1.807, 2.05) is 31.2 Å². The van der Waals surface area contributed by atoms with E-state index < -0.39 is 22.8 Å². The Kier molecular flexibility index (Phi) is 7.10. The standard InChI is InChI=1S/C30H24F2N4O3S2/c1-16-2-4-17(5-3-16)22-13-20(9-11-24(22)31)27-23(12-19-8-10-21(41(33)39)14-25(19)32)28(18-6-7-18)36(35-27)30-34-26(15-40-30)29(37)38/h2-5,8-11,13-15,18H,6-7,12H2,1H3,(H2,33,39)(H,37,38)/p+1. The number of hydrogen-bond donors (Lipinski definition) is 2. The topological polar surface area (TPSA) is 111 Å². The number of halogens is 2. The average Bonchev–Trinajstić information content (AvgIpc) is 3.53. The van der Waals surface area contributed by atoms with E-state index in [2.05, 4.69) is 4.98 Å². The van der Waals surface area contributed by atoms with Crippen molar-refractivity contribution in [2.75, 3.05) is 0 Å². The van der Waals surface area contributed by atoms with Gasteiger partial charge in [0.15, 0.2) is 21.6 Å². The Morgan fingerprint density at radius 3 is 2.44 bits per heavy atom. The number of aromatic nitrogens is 3. The Morgan fingerprint density at radius 1 is 1.07 bits per heavy atom. The molecule has 0 amide bonds. The number of carbonyl (C=O) groups is 1. The lowest BCUT2D eigenvalue weighted by atomic mass is 9.94. The molecule has 6 rings (SSSR count). The second-order valence-electron chi connectivity index (χ2n) is 10.1. The van der Waals surface area contributed by atoms with Crippen LogP contribution in [0.1, 0.15) is 51.6 Å². The van der Waals surface area contributed by atoms with Gasteiger partial charge in [0.25, 0.3) is 0 Å². The number of carboxylic acid groups (broad SMARTS) is 1. The van der Waals surface area contributed by atoms with Crippen molar-refractivity contribution in [1.29, 1.82) is 0 Å². The molecule has 208 valence electrons. The summed E-state index contributed by atoms with van der Waals surface area (Å²) in [7, 11) is -2.19. The minimum absolute atomic E-state index is 0.0914. The summed E-state index contributed by atoms with van der Waals surface area (Å²) in [6, 6.07) is 16.6. The Hall–Kier alpha value is -4.06. The van der Waals surface area contributed by atoms with Gasteiger partial charge in [-0.05, 0) is 55.2 Å². The Balaban J connectivity index is 1.54. The zero-order chi connectivity index (χ0) is 28.8. The van der Waals surface area contributed by atoms with Crippen molar-refractivity contribution < 1.29 is 22.9 Å². The molecule has 0 saturated heterocycles. The lowest BCUT2D eigenvalue weighted by molar-refractivity contribution is 0.0691. The summed E-state index contributed by atoms with van der Waals surface area (Å²) in [5.74, 6) is -1.95. The highest BCUT2D eigenvalue weighted by molar-refractivity contribution is 7.82. The first-order valence-corrected chi connectivity index (χ1v) is 15.1. The molecule has 1 fully saturated rings. The van der Waals surface area contributed by atoms with Crippen LogP contribution in [0.25, 0.3) is 27.5 Å². The number of nitrogens with two attached hydrogens (primary N) is 1. The summed E-state index contributed by atoms with van der Waals surface area (Å²) < 4.78 is 43.7. The zero-order valence-electron chi connectivity index (χ0n) is 21.8. The van der Waals surface area contributed by atoms with Crippen LogP contribution in [0, 0.1) is 18.6 Å². The monoisotopic (exact) mass is 591 g/mol. The first-order valence-electron chi connectivity index (χ1n) is 12.9. The number of aryl methyl sites for hydroxylation is 1. The Bertz CT molecular complexity index is 1830. The van der Waals surface area contributed by atoms with Gasteiger partial charge in [-0.1, -0.05) is 40.1 Å². The number of hydrogen-bond acceptors (Lipinski definition) is 5. The third-order valence-electron chi connectivity index (χ3n) is 7.14. The molecular weight excluding hydrogens is 566 g/mol. The fourth-order valence-electron chi connectivity index (χ4n) is 4.89. The normalized spacial score (nSPS) is 13.9. The lowest BCUT2D eigenvalue weighted by Gasteiger charge is -2.10. The van der Waals surface area contributed by atoms with Gasteiger partial charge in [-0.25, -0.2) is 23.2 Å². The molecule has 3 N–H and O–H groups in total. The zero-order valence-corrected chi connectivity index (χ0v) is 23.6. The first-order chi connectivity index (χ1) is 19.7. The summed E-state index contributed by atoms with van der Waals surface area (Å²) in [6.45, 7) is 1.96. The third-order valence-corrected chi connectivity index (χ3v) is 8.74. The molecule has 7 nitrogen and oxygen atoms in total. The summed E-state index contributed by atoms with van der Waals surface area (Å²) in [6.07, 6.45) is 1.94. The largest absolute Gasteiger partial charge is 0.476 e. The van der Waals surface area contributed by atoms with Crippen molar-refractivity contribution in [1.82, 2.24) is 14.8 Å². The molecule has 3 aromatic carbocycles. The summed E-state index contributed by atoms with van der Waals surface area (Å²) in [5.41, 5.74) is 5.16. The van der Waals surface area contributed by atoms with Crippen molar-refractivity contribution in [2.24, 2.45) is 5.14 Å². The van der Waals surface area contributed by atoms with Crippen LogP contribution in [-0.4, -0.2) is 25.8 Å². The smallest absolute Gasteiger partial charge is 0.355 e. The van der Waals surface area contributed by atoms with E-state index in [0.717, 1.165) is 41.0 Å². The van der Waals surface area contributed by atoms with Gasteiger partial charge in [-0.2, -0.15) is 5.10 Å². The molecule has 1 saturated carbocycles. The van der Waals surface area contributed by atoms with Gasteiger partial charge < -0.3 is 5.11 Å². The maximum absolute atomic E-state index is 15.2. The number of carboxylic acids is 1. The number of rotatable bonds is 8. The number of thiazole rings is 1. The van der Waals surface area contributed by atoms with Gasteiger partial charge in [0.05, 0.1) is 11.4 Å². The van der Waals surface area contributed by atoms with E-state index in [1.54, 1.807) is 28.9 Å². The van der Waals surface area contributed by atoms with Crippen LogP contribution in [-0.2, 0) is 21.6 Å². The van der Waals surface area contributed by atoms with Crippen LogP contribution in [0.5, 0.6) is 0 Å². The maximum Gasteiger partial charge on any atom is 0.355 e. The van der Waals surface area contributed by atoms with E-state index in [0.29, 0.717) is 33.1 Å². The van der Waals surface area contributed by atoms with Gasteiger partial charge in [0.1, 0.15) is 11.6 Å². The van der Waals surface area contributed by atoms with Gasteiger partial charge in [0, 0.05) is 40.5 Å². The number of aromatic carboxylic acids is 1. The molecule has 2 aromatic heterocycles. The summed E-state index contributed by atoms with van der Waals surface area (Å²) in [5, 5.41) is 21.7. The summed E-state index contributed by atoms with van der Waals surface area (Å²) in [4.78, 5) is 16.1. The number of benzene rings is 3. The molecule has 1 unspecified atom stereocenters. The third kappa shape index (κ3) is 5.35. The lowest BCUT2D eigenvalue weighted by Crippen LogP contribution is -2.05. The molecule has 2 heterocycles. The number of nitrogens with zero attached hydrogens (tertiary/aromatic N) is 3. The second-order valence-corrected chi connectivity index (χ2v) is 12.1. The van der Waals surface area contributed by atoms with Crippen LogP contribution < -0.4 is 5.14 Å². The molecule has 1 atom stereocenters. The van der Waals surface area contributed by atoms with Gasteiger partial charge >= 0.3 is 5.97 Å². The van der Waals surface area contributed by atoms with E-state index in [4.69, 9.17) is 10.2 Å². The maximum atomic E-state index is 15.2. The van der Waals surface area contributed by atoms with Crippen molar-refractivity contribution in [2.45, 2.75) is 37.0 Å². The van der Waals surface area contributed by atoms with Crippen LogP contribution in [0.4, 0.5) is 8.78 Å². The molecule has 5 aromatic rings. The fourth-order valence-corrected chi connectivity index (χ4v) is 6.11. The van der Waals surface area contributed by atoms with E-state index in [9.17, 15) is 14.1 Å². The van der Waals surface area contributed by atoms with Crippen LogP contribution in [0.3, 0.4) is 0 Å². The van der Waals surface area contributed by atoms with Crippen molar-refractivity contribution >= 4 is 28.3 Å². The predicted octanol–water partition coefficient (Wildman–Crippen LogP) is 6.34. The minimum atomic E-state index is -2.19. The molecule has 0 radical (unpaired) electrons. The van der Waals surface area contributed by atoms with Crippen LogP contribution in [0.15, 0.2) is 70.9 Å². The van der Waals surface area contributed by atoms with Crippen molar-refractivity contribution in [3.8, 4) is 27.5 Å². The van der Waals surface area contributed by atoms with Crippen molar-refractivity contribution in [3.63, 3.8) is 0 Å². The molecule has 0 aliphatic heterocycles. The average molecular weight is 592 g/mol. The highest BCUT2D eigenvalue weighted by atomic mass is 32.2. The van der Waals surface area contributed by atoms with E-state index in [1.165, 1.54) is 17.5 Å². The van der Waals surface area contributed by atoms with Gasteiger partial charge in [0.2, 0.25) is 5.13 Å². The Labute approximate surface area is 240 Å². The quantitative estimate of drug-likeness (QED) is 0.162. The van der Waals surface area contributed by atoms with E-state index in [-0.39, 0.29) is 28.7 Å². The SMILES string of the molecule is Cc1ccc(-c2cc(-c3nn(-c4nc(C(=O)O)cs4)c(C4CC4)c3Cc3ccc([SH+](N)=O)cc3F)ccc2F)cc1. The summed E-state index contributed by atoms with van der Waals surface area (Å²) >= 11 is 1.15. The molecule has 11 heteroatoms. The highest BCUT2D eigenvalue weighted by Gasteiger charge is 2.34. The van der Waals surface area contributed by atoms with Crippen LogP contribution >= 0.6 is 11.3 Å². The second kappa shape index (κ2) is 10.7. The fraction of sp³-hybridized carbons (Fsp3) is 0.167. The highest BCUT2D eigenvalue weighted by Crippen LogP contribution is 2.46. The van der Waals surface area contributed by atoms with Crippen molar-refractivity contribution in [3.05, 3.63) is 106 Å². The molecule has 1 aliphatic rings. The van der Waals surface area contributed by atoms with Crippen LogP contribution in [0.2, 0.25) is 0 Å². The Morgan fingerprint density at radius 2 is 1.80 bits per heavy atom. The molecule has 41 heavy (non-hydrogen) atoms. The molecular formula is C30H25F2N4O3S2+. The molecule has 1 aliphatic carbocycles. The first kappa shape index (κ1) is 27.1. The molecule has 0 spiro atoms. The van der Waals surface area contributed by atoms with Gasteiger partial charge in [-0.15, -0.1) is 16.5 Å². The van der Waals surface area contributed by atoms with Gasteiger partial charge in [-0.3, -0.25) is 0 Å². The van der Waals surface area contributed by atoms with E-state index >= 15 is 8.78 Å². The predicted molar refractivity (Wildman–Crippen MR) is 155 cm³/mol.